The van der Waals surface area contributed by atoms with Crippen molar-refractivity contribution in [3.05, 3.63) is 0 Å². The molecule has 0 aromatic heterocycles. The van der Waals surface area contributed by atoms with Gasteiger partial charge in [0.2, 0.25) is 0 Å². The van der Waals surface area contributed by atoms with Gasteiger partial charge in [-0.1, -0.05) is 19.8 Å². The molecule has 0 aromatic carbocycles. The molecule has 0 rings (SSSR count). The molecule has 0 aliphatic rings. The zero-order valence-corrected chi connectivity index (χ0v) is 10.3. The van der Waals surface area contributed by atoms with E-state index in [0.717, 1.165) is 13.1 Å². The lowest BCUT2D eigenvalue weighted by Crippen LogP contribution is -2.23. The Morgan fingerprint density at radius 3 is 2.53 bits per heavy atom. The van der Waals surface area contributed by atoms with E-state index in [0.29, 0.717) is 0 Å². The average molecular weight is 211 g/mol. The first-order valence-electron chi connectivity index (χ1n) is 5.30. The summed E-state index contributed by atoms with van der Waals surface area (Å²) in [5.74, 6) is 5.06. The zero-order chi connectivity index (χ0) is 11.9. The van der Waals surface area contributed by atoms with Crippen molar-refractivity contribution in [2.75, 3.05) is 13.1 Å². The molecule has 15 heavy (non-hydrogen) atoms. The number of hydrogen-bond donors (Lipinski definition) is 1. The maximum absolute atomic E-state index is 11.2. The lowest BCUT2D eigenvalue weighted by molar-refractivity contribution is -0.147. The van der Waals surface area contributed by atoms with Crippen molar-refractivity contribution in [3.8, 4) is 11.8 Å². The number of carbonyl (C=O) groups is 1. The van der Waals surface area contributed by atoms with Crippen molar-refractivity contribution in [2.45, 2.75) is 40.2 Å². The van der Waals surface area contributed by atoms with Crippen LogP contribution >= 0.6 is 0 Å². The second-order valence-electron chi connectivity index (χ2n) is 4.48. The summed E-state index contributed by atoms with van der Waals surface area (Å²) < 4.78 is 5.06. The summed E-state index contributed by atoms with van der Waals surface area (Å²) in [6, 6.07) is 0. The van der Waals surface area contributed by atoms with Crippen LogP contribution in [-0.4, -0.2) is 24.7 Å². The topological polar surface area (TPSA) is 38.3 Å². The highest BCUT2D eigenvalue weighted by Gasteiger charge is 2.14. The van der Waals surface area contributed by atoms with Crippen molar-refractivity contribution in [2.24, 2.45) is 5.92 Å². The molecule has 3 heteroatoms. The molecule has 0 fully saturated rings. The van der Waals surface area contributed by atoms with Crippen LogP contribution in [0.5, 0.6) is 0 Å². The van der Waals surface area contributed by atoms with E-state index in [-0.39, 0.29) is 5.92 Å². The van der Waals surface area contributed by atoms with Crippen molar-refractivity contribution in [3.63, 3.8) is 0 Å². The Labute approximate surface area is 92.6 Å². The van der Waals surface area contributed by atoms with Gasteiger partial charge in [-0.3, -0.25) is 0 Å². The number of carbonyl (C=O) groups excluding carboxylic acids is 1. The molecule has 1 N–H and O–H groups in total. The second-order valence-corrected chi connectivity index (χ2v) is 4.48. The SMILES string of the molecule is CCNCC(C)C#CC(=O)OC(C)(C)C. The van der Waals surface area contributed by atoms with E-state index in [9.17, 15) is 4.79 Å². The van der Waals surface area contributed by atoms with Gasteiger partial charge in [0.25, 0.3) is 0 Å². The fourth-order valence-electron chi connectivity index (χ4n) is 0.898. The lowest BCUT2D eigenvalue weighted by Gasteiger charge is -2.17. The van der Waals surface area contributed by atoms with E-state index in [2.05, 4.69) is 17.2 Å². The molecule has 1 unspecified atom stereocenters. The van der Waals surface area contributed by atoms with Gasteiger partial charge in [-0.2, -0.15) is 0 Å². The lowest BCUT2D eigenvalue weighted by atomic mass is 10.2. The van der Waals surface area contributed by atoms with E-state index in [4.69, 9.17) is 4.74 Å². The van der Waals surface area contributed by atoms with Gasteiger partial charge in [-0.25, -0.2) is 4.79 Å². The maximum Gasteiger partial charge on any atom is 0.384 e. The van der Waals surface area contributed by atoms with Crippen LogP contribution in [0.3, 0.4) is 0 Å². The predicted molar refractivity (Wildman–Crippen MR) is 61.3 cm³/mol. The van der Waals surface area contributed by atoms with E-state index >= 15 is 0 Å². The molecular weight excluding hydrogens is 190 g/mol. The molecule has 0 heterocycles. The Hall–Kier alpha value is -1.01. The van der Waals surface area contributed by atoms with Crippen molar-refractivity contribution >= 4 is 5.97 Å². The third kappa shape index (κ3) is 9.30. The monoisotopic (exact) mass is 211 g/mol. The molecular formula is C12H21NO2. The van der Waals surface area contributed by atoms with E-state index < -0.39 is 11.6 Å². The summed E-state index contributed by atoms with van der Waals surface area (Å²) in [6.45, 7) is 11.2. The van der Waals surface area contributed by atoms with Gasteiger partial charge in [0.05, 0.1) is 0 Å². The van der Waals surface area contributed by atoms with Gasteiger partial charge in [0, 0.05) is 18.4 Å². The maximum atomic E-state index is 11.2. The van der Waals surface area contributed by atoms with Gasteiger partial charge in [-0.05, 0) is 27.3 Å². The molecule has 0 aliphatic carbocycles. The van der Waals surface area contributed by atoms with Crippen LogP contribution in [0.2, 0.25) is 0 Å². The number of rotatable bonds is 3. The van der Waals surface area contributed by atoms with Gasteiger partial charge >= 0.3 is 5.97 Å². The smallest absolute Gasteiger partial charge is 0.384 e. The highest BCUT2D eigenvalue weighted by atomic mass is 16.6. The minimum Gasteiger partial charge on any atom is -0.450 e. The normalized spacial score (nSPS) is 12.6. The first kappa shape index (κ1) is 14.0. The van der Waals surface area contributed by atoms with Crippen LogP contribution in [0.4, 0.5) is 0 Å². The molecule has 0 saturated heterocycles. The Balaban J connectivity index is 4.00. The fourth-order valence-corrected chi connectivity index (χ4v) is 0.898. The Bertz CT molecular complexity index is 255. The van der Waals surface area contributed by atoms with Crippen LogP contribution < -0.4 is 5.32 Å². The molecule has 0 amide bonds. The predicted octanol–water partition coefficient (Wildman–Crippen LogP) is 1.58. The number of nitrogens with one attached hydrogen (secondary N) is 1. The molecule has 86 valence electrons. The van der Waals surface area contributed by atoms with E-state index in [1.54, 1.807) is 0 Å². The molecule has 3 nitrogen and oxygen atoms in total. The number of hydrogen-bond acceptors (Lipinski definition) is 3. The highest BCUT2D eigenvalue weighted by Crippen LogP contribution is 2.06. The molecule has 0 bridgehead atoms. The molecule has 0 radical (unpaired) electrons. The fraction of sp³-hybridized carbons (Fsp3) is 0.750. The summed E-state index contributed by atoms with van der Waals surface area (Å²) >= 11 is 0. The minimum absolute atomic E-state index is 0.164. The Morgan fingerprint density at radius 1 is 1.47 bits per heavy atom. The van der Waals surface area contributed by atoms with Gasteiger partial charge in [0.1, 0.15) is 5.60 Å². The van der Waals surface area contributed by atoms with Gasteiger partial charge < -0.3 is 10.1 Å². The first-order valence-corrected chi connectivity index (χ1v) is 5.30. The van der Waals surface area contributed by atoms with Gasteiger partial charge in [0.15, 0.2) is 0 Å². The van der Waals surface area contributed by atoms with Crippen LogP contribution in [0.15, 0.2) is 0 Å². The number of ether oxygens (including phenoxy) is 1. The standard InChI is InChI=1S/C12H21NO2/c1-6-13-9-10(2)7-8-11(14)15-12(3,4)5/h10,13H,6,9H2,1-5H3. The summed E-state index contributed by atoms with van der Waals surface area (Å²) in [6.07, 6.45) is 0. The first-order chi connectivity index (χ1) is 6.85. The van der Waals surface area contributed by atoms with Crippen molar-refractivity contribution in [1.29, 1.82) is 0 Å². The van der Waals surface area contributed by atoms with Crippen molar-refractivity contribution < 1.29 is 9.53 Å². The zero-order valence-electron chi connectivity index (χ0n) is 10.3. The Morgan fingerprint density at radius 2 is 2.07 bits per heavy atom. The molecule has 0 spiro atoms. The van der Waals surface area contributed by atoms with Crippen LogP contribution in [0, 0.1) is 17.8 Å². The van der Waals surface area contributed by atoms with Crippen LogP contribution in [0.1, 0.15) is 34.6 Å². The summed E-state index contributed by atoms with van der Waals surface area (Å²) in [5.41, 5.74) is -0.462. The van der Waals surface area contributed by atoms with Crippen molar-refractivity contribution in [1.82, 2.24) is 5.32 Å². The average Bonchev–Trinajstić information content (AvgIpc) is 2.08. The quantitative estimate of drug-likeness (QED) is 0.437. The number of esters is 1. The van der Waals surface area contributed by atoms with Crippen LogP contribution in [-0.2, 0) is 9.53 Å². The largest absolute Gasteiger partial charge is 0.450 e. The third-order valence-corrected chi connectivity index (χ3v) is 1.52. The van der Waals surface area contributed by atoms with E-state index in [1.165, 1.54) is 0 Å². The van der Waals surface area contributed by atoms with E-state index in [1.807, 2.05) is 34.6 Å². The molecule has 0 aliphatic heterocycles. The molecule has 1 atom stereocenters. The third-order valence-electron chi connectivity index (χ3n) is 1.52. The summed E-state index contributed by atoms with van der Waals surface area (Å²) in [7, 11) is 0. The van der Waals surface area contributed by atoms with Crippen LogP contribution in [0.25, 0.3) is 0 Å². The molecule has 0 aromatic rings. The molecule has 0 saturated carbocycles. The minimum atomic E-state index is -0.462. The van der Waals surface area contributed by atoms with Gasteiger partial charge in [-0.15, -0.1) is 0 Å². The summed E-state index contributed by atoms with van der Waals surface area (Å²) in [4.78, 5) is 11.2. The summed E-state index contributed by atoms with van der Waals surface area (Å²) in [5, 5.41) is 3.17. The Kier molecular flexibility index (Phi) is 6.03. The second kappa shape index (κ2) is 6.47. The highest BCUT2D eigenvalue weighted by molar-refractivity contribution is 5.88.